The van der Waals surface area contributed by atoms with Crippen LogP contribution < -0.4 is 0 Å². The molecule has 6 heteroatoms. The molecule has 21 heavy (non-hydrogen) atoms. The van der Waals surface area contributed by atoms with Crippen molar-refractivity contribution in [2.75, 3.05) is 0 Å². The van der Waals surface area contributed by atoms with Crippen molar-refractivity contribution in [2.45, 2.75) is 32.7 Å². The minimum Gasteiger partial charge on any atom is -0.478 e. The van der Waals surface area contributed by atoms with Crippen molar-refractivity contribution in [3.8, 4) is 0 Å². The monoisotopic (exact) mass is 326 g/mol. The summed E-state index contributed by atoms with van der Waals surface area (Å²) in [7, 11) is 0. The fourth-order valence-electron chi connectivity index (χ4n) is 2.05. The Kier molecular flexibility index (Phi) is 4.30. The SMILES string of the molecule is CC(C)(C)c1nn(Cc2ccccc2Cl)c(Cl)c1C(=O)O. The highest BCUT2D eigenvalue weighted by molar-refractivity contribution is 6.33. The number of benzene rings is 1. The average molecular weight is 327 g/mol. The van der Waals surface area contributed by atoms with E-state index in [9.17, 15) is 9.90 Å². The molecule has 0 radical (unpaired) electrons. The van der Waals surface area contributed by atoms with Gasteiger partial charge in [-0.25, -0.2) is 9.48 Å². The van der Waals surface area contributed by atoms with Crippen molar-refractivity contribution in [1.29, 1.82) is 0 Å². The first kappa shape index (κ1) is 15.9. The van der Waals surface area contributed by atoms with Crippen LogP contribution in [0.3, 0.4) is 0 Å². The lowest BCUT2D eigenvalue weighted by molar-refractivity contribution is 0.0694. The fraction of sp³-hybridized carbons (Fsp3) is 0.333. The van der Waals surface area contributed by atoms with Crippen molar-refractivity contribution in [1.82, 2.24) is 9.78 Å². The van der Waals surface area contributed by atoms with Gasteiger partial charge in [-0.3, -0.25) is 0 Å². The van der Waals surface area contributed by atoms with Crippen molar-refractivity contribution in [2.24, 2.45) is 0 Å². The lowest BCUT2D eigenvalue weighted by atomic mass is 9.89. The van der Waals surface area contributed by atoms with Crippen molar-refractivity contribution in [3.63, 3.8) is 0 Å². The summed E-state index contributed by atoms with van der Waals surface area (Å²) in [6, 6.07) is 7.33. The standard InChI is InChI=1S/C15H16Cl2N2O2/c1-15(2,3)12-11(14(20)21)13(17)19(18-12)8-9-6-4-5-7-10(9)16/h4-7H,8H2,1-3H3,(H,20,21). The summed E-state index contributed by atoms with van der Waals surface area (Å²) in [6.45, 7) is 6.03. The van der Waals surface area contributed by atoms with E-state index in [0.29, 0.717) is 17.3 Å². The van der Waals surface area contributed by atoms with E-state index in [1.54, 1.807) is 6.07 Å². The number of aromatic nitrogens is 2. The third kappa shape index (κ3) is 3.22. The molecular formula is C15H16Cl2N2O2. The van der Waals surface area contributed by atoms with E-state index in [0.717, 1.165) is 5.56 Å². The number of hydrogen-bond acceptors (Lipinski definition) is 2. The summed E-state index contributed by atoms with van der Waals surface area (Å²) >= 11 is 12.3. The Morgan fingerprint density at radius 3 is 2.38 bits per heavy atom. The van der Waals surface area contributed by atoms with E-state index >= 15 is 0 Å². The highest BCUT2D eigenvalue weighted by Gasteiger charge is 2.30. The molecule has 0 atom stereocenters. The van der Waals surface area contributed by atoms with Gasteiger partial charge in [-0.05, 0) is 11.6 Å². The van der Waals surface area contributed by atoms with Crippen molar-refractivity contribution < 1.29 is 9.90 Å². The van der Waals surface area contributed by atoms with Gasteiger partial charge in [0.05, 0.1) is 12.2 Å². The van der Waals surface area contributed by atoms with Crippen LogP contribution in [0.4, 0.5) is 0 Å². The van der Waals surface area contributed by atoms with Crippen molar-refractivity contribution in [3.05, 3.63) is 51.3 Å². The molecule has 1 aromatic carbocycles. The van der Waals surface area contributed by atoms with Crippen molar-refractivity contribution >= 4 is 29.2 Å². The van der Waals surface area contributed by atoms with Gasteiger partial charge < -0.3 is 5.11 Å². The first-order valence-corrected chi connectivity index (χ1v) is 7.21. The van der Waals surface area contributed by atoms with Crippen LogP contribution in [0.5, 0.6) is 0 Å². The van der Waals surface area contributed by atoms with Gasteiger partial charge in [0, 0.05) is 10.4 Å². The zero-order chi connectivity index (χ0) is 15.8. The topological polar surface area (TPSA) is 55.1 Å². The first-order valence-electron chi connectivity index (χ1n) is 6.45. The summed E-state index contributed by atoms with van der Waals surface area (Å²) in [5.74, 6) is -1.07. The van der Waals surface area contributed by atoms with Gasteiger partial charge in [0.15, 0.2) is 0 Å². The summed E-state index contributed by atoms with van der Waals surface area (Å²) in [6.07, 6.45) is 0. The number of aromatic carboxylic acids is 1. The van der Waals surface area contributed by atoms with E-state index in [4.69, 9.17) is 23.2 Å². The van der Waals surface area contributed by atoms with E-state index < -0.39 is 11.4 Å². The zero-order valence-electron chi connectivity index (χ0n) is 12.0. The van der Waals surface area contributed by atoms with Crippen LogP contribution in [0.1, 0.15) is 42.4 Å². The Labute approximate surface area is 133 Å². The largest absolute Gasteiger partial charge is 0.478 e. The number of halogens is 2. The average Bonchev–Trinajstić information content (AvgIpc) is 2.70. The van der Waals surface area contributed by atoms with Crippen LogP contribution in [0.2, 0.25) is 10.2 Å². The van der Waals surface area contributed by atoms with Crippen LogP contribution in [0.15, 0.2) is 24.3 Å². The van der Waals surface area contributed by atoms with Crippen LogP contribution in [-0.4, -0.2) is 20.9 Å². The summed E-state index contributed by atoms with van der Waals surface area (Å²) < 4.78 is 1.48. The molecule has 0 spiro atoms. The number of carbonyl (C=O) groups is 1. The molecule has 0 amide bonds. The fourth-order valence-corrected chi connectivity index (χ4v) is 2.51. The summed E-state index contributed by atoms with van der Waals surface area (Å²) in [5, 5.41) is 14.5. The second kappa shape index (κ2) is 5.70. The molecule has 0 bridgehead atoms. The molecule has 0 unspecified atom stereocenters. The zero-order valence-corrected chi connectivity index (χ0v) is 13.5. The summed E-state index contributed by atoms with van der Waals surface area (Å²) in [4.78, 5) is 11.5. The predicted molar refractivity (Wildman–Crippen MR) is 83.5 cm³/mol. The quantitative estimate of drug-likeness (QED) is 0.918. The Morgan fingerprint density at radius 1 is 1.29 bits per heavy atom. The molecule has 4 nitrogen and oxygen atoms in total. The van der Waals surface area contributed by atoms with E-state index in [-0.39, 0.29) is 10.7 Å². The number of carboxylic acids is 1. The van der Waals surface area contributed by atoms with Crippen LogP contribution in [-0.2, 0) is 12.0 Å². The minimum absolute atomic E-state index is 0.0521. The lowest BCUT2D eigenvalue weighted by Crippen LogP contribution is -2.17. The molecule has 0 saturated carbocycles. The van der Waals surface area contributed by atoms with Gasteiger partial charge in [-0.15, -0.1) is 0 Å². The third-order valence-electron chi connectivity index (χ3n) is 3.09. The second-order valence-electron chi connectivity index (χ2n) is 5.82. The molecule has 0 fully saturated rings. The highest BCUT2D eigenvalue weighted by Crippen LogP contribution is 2.31. The molecule has 1 aromatic heterocycles. The predicted octanol–water partition coefficient (Wildman–Crippen LogP) is 4.23. The molecule has 1 heterocycles. The lowest BCUT2D eigenvalue weighted by Gasteiger charge is -2.15. The molecule has 0 aliphatic carbocycles. The van der Waals surface area contributed by atoms with Gasteiger partial charge in [0.2, 0.25) is 0 Å². The van der Waals surface area contributed by atoms with E-state index in [2.05, 4.69) is 5.10 Å². The van der Waals surface area contributed by atoms with Gasteiger partial charge in [-0.1, -0.05) is 62.2 Å². The maximum atomic E-state index is 11.5. The Balaban J connectivity index is 2.51. The molecule has 112 valence electrons. The number of nitrogens with zero attached hydrogens (tertiary/aromatic N) is 2. The molecule has 1 N–H and O–H groups in total. The summed E-state index contributed by atoms with van der Waals surface area (Å²) in [5.41, 5.74) is 0.938. The third-order valence-corrected chi connectivity index (χ3v) is 3.85. The van der Waals surface area contributed by atoms with Gasteiger partial charge in [0.1, 0.15) is 10.7 Å². The smallest absolute Gasteiger partial charge is 0.340 e. The maximum Gasteiger partial charge on any atom is 0.340 e. The molecule has 2 aromatic rings. The Hall–Kier alpha value is -1.52. The first-order chi connectivity index (χ1) is 9.71. The van der Waals surface area contributed by atoms with Gasteiger partial charge in [0.25, 0.3) is 0 Å². The number of carboxylic acid groups (broad SMARTS) is 1. The number of hydrogen-bond donors (Lipinski definition) is 1. The second-order valence-corrected chi connectivity index (χ2v) is 6.58. The minimum atomic E-state index is -1.07. The Bertz CT molecular complexity index is 687. The van der Waals surface area contributed by atoms with E-state index in [1.807, 2.05) is 39.0 Å². The molecule has 2 rings (SSSR count). The van der Waals surface area contributed by atoms with E-state index in [1.165, 1.54) is 4.68 Å². The molecule has 0 saturated heterocycles. The highest BCUT2D eigenvalue weighted by atomic mass is 35.5. The molecule has 0 aliphatic rings. The van der Waals surface area contributed by atoms with Gasteiger partial charge in [-0.2, -0.15) is 5.10 Å². The molecular weight excluding hydrogens is 311 g/mol. The number of rotatable bonds is 3. The molecule has 0 aliphatic heterocycles. The van der Waals surface area contributed by atoms with Crippen LogP contribution in [0.25, 0.3) is 0 Å². The Morgan fingerprint density at radius 2 is 1.90 bits per heavy atom. The van der Waals surface area contributed by atoms with Gasteiger partial charge >= 0.3 is 5.97 Å². The normalized spacial score (nSPS) is 11.7. The van der Waals surface area contributed by atoms with Crippen LogP contribution in [0, 0.1) is 0 Å². The van der Waals surface area contributed by atoms with Crippen LogP contribution >= 0.6 is 23.2 Å². The maximum absolute atomic E-state index is 11.5.